The largest absolute Gasteiger partial charge is 0.470 e. The molecular weight excluding hydrogens is 124 g/mol. The smallest absolute Gasteiger partial charge is 0.0961 e. The lowest BCUT2D eigenvalue weighted by Crippen LogP contribution is -1.76. The van der Waals surface area contributed by atoms with Gasteiger partial charge in [0.2, 0.25) is 0 Å². The molecule has 0 heterocycles. The van der Waals surface area contributed by atoms with Crippen molar-refractivity contribution in [2.45, 2.75) is 33.6 Å². The number of hydrogen-bond acceptors (Lipinski definition) is 1. The molecule has 0 aromatic carbocycles. The van der Waals surface area contributed by atoms with Crippen molar-refractivity contribution >= 4 is 0 Å². The van der Waals surface area contributed by atoms with Gasteiger partial charge in [-0.2, -0.15) is 0 Å². The Hall–Kier alpha value is -0.720. The van der Waals surface area contributed by atoms with E-state index >= 15 is 0 Å². The van der Waals surface area contributed by atoms with E-state index in [1.807, 2.05) is 13.0 Å². The molecule has 0 aliphatic carbocycles. The van der Waals surface area contributed by atoms with Crippen molar-refractivity contribution in [2.24, 2.45) is 0 Å². The van der Waals surface area contributed by atoms with Crippen LogP contribution >= 0.6 is 0 Å². The first-order valence-corrected chi connectivity index (χ1v) is 3.79. The van der Waals surface area contributed by atoms with Gasteiger partial charge < -0.3 is 4.74 Å². The fraction of sp³-hybridized carbons (Fsp3) is 0.556. The lowest BCUT2D eigenvalue weighted by molar-refractivity contribution is 0.350. The van der Waals surface area contributed by atoms with Crippen LogP contribution in [0.3, 0.4) is 0 Å². The minimum absolute atomic E-state index is 0.979. The maximum absolute atomic E-state index is 5.20. The molecule has 0 bridgehead atoms. The van der Waals surface area contributed by atoms with Gasteiger partial charge >= 0.3 is 0 Å². The minimum atomic E-state index is 0.979. The van der Waals surface area contributed by atoms with Crippen molar-refractivity contribution < 1.29 is 4.74 Å². The molecule has 0 spiro atoms. The lowest BCUT2D eigenvalue weighted by atomic mass is 10.4. The Morgan fingerprint density at radius 1 is 1.30 bits per heavy atom. The van der Waals surface area contributed by atoms with Gasteiger partial charge in [0.1, 0.15) is 0 Å². The minimum Gasteiger partial charge on any atom is -0.470 e. The van der Waals surface area contributed by atoms with Crippen LogP contribution < -0.4 is 0 Å². The summed E-state index contributed by atoms with van der Waals surface area (Å²) < 4.78 is 5.20. The third-order valence-electron chi connectivity index (χ3n) is 1.08. The Balaban J connectivity index is 3.48. The predicted molar refractivity (Wildman–Crippen MR) is 44.6 cm³/mol. The summed E-state index contributed by atoms with van der Waals surface area (Å²) >= 11 is 0. The van der Waals surface area contributed by atoms with E-state index in [0.717, 1.165) is 18.6 Å². The van der Waals surface area contributed by atoms with E-state index < -0.39 is 0 Å². The zero-order valence-electron chi connectivity index (χ0n) is 7.05. The molecule has 0 aromatic heterocycles. The first-order chi connectivity index (χ1) is 4.81. The number of allylic oxidation sites excluding steroid dienone is 3. The van der Waals surface area contributed by atoms with Gasteiger partial charge in [-0.05, 0) is 31.9 Å². The second kappa shape index (κ2) is 6.40. The maximum Gasteiger partial charge on any atom is 0.0961 e. The zero-order valence-corrected chi connectivity index (χ0v) is 7.05. The van der Waals surface area contributed by atoms with E-state index in [1.54, 1.807) is 6.26 Å². The van der Waals surface area contributed by atoms with Crippen molar-refractivity contribution in [3.8, 4) is 0 Å². The fourth-order valence-corrected chi connectivity index (χ4v) is 0.587. The molecule has 0 amide bonds. The normalized spacial score (nSPS) is 12.5. The molecule has 0 saturated heterocycles. The lowest BCUT2D eigenvalue weighted by Gasteiger charge is -1.96. The van der Waals surface area contributed by atoms with Gasteiger partial charge in [-0.25, -0.2) is 0 Å². The van der Waals surface area contributed by atoms with Crippen LogP contribution in [0.4, 0.5) is 0 Å². The van der Waals surface area contributed by atoms with E-state index in [2.05, 4.69) is 19.9 Å². The van der Waals surface area contributed by atoms with Crippen molar-refractivity contribution in [3.05, 3.63) is 24.2 Å². The van der Waals surface area contributed by atoms with E-state index in [0.29, 0.717) is 0 Å². The summed E-state index contributed by atoms with van der Waals surface area (Å²) in [6, 6.07) is 0. The molecule has 0 aliphatic rings. The van der Waals surface area contributed by atoms with Crippen LogP contribution in [0.5, 0.6) is 0 Å². The molecule has 0 saturated carbocycles. The molecule has 0 fully saturated rings. The molecule has 0 radical (unpaired) electrons. The third kappa shape index (κ3) is 5.42. The standard InChI is InChI=1S/C9H16O/c1-4-6-8-10-9(3)7-5-2/h6-8H,4-5H2,1-3H3. The van der Waals surface area contributed by atoms with Crippen LogP contribution in [0, 0.1) is 0 Å². The second-order valence-corrected chi connectivity index (χ2v) is 2.12. The van der Waals surface area contributed by atoms with E-state index in [-0.39, 0.29) is 0 Å². The number of ether oxygens (including phenoxy) is 1. The Morgan fingerprint density at radius 3 is 2.50 bits per heavy atom. The molecule has 0 rings (SSSR count). The average molecular weight is 140 g/mol. The zero-order chi connectivity index (χ0) is 7.82. The molecule has 1 nitrogen and oxygen atoms in total. The van der Waals surface area contributed by atoms with Gasteiger partial charge in [0.25, 0.3) is 0 Å². The van der Waals surface area contributed by atoms with Crippen molar-refractivity contribution in [2.75, 3.05) is 0 Å². The quantitative estimate of drug-likeness (QED) is 0.545. The molecule has 58 valence electrons. The van der Waals surface area contributed by atoms with E-state index in [1.165, 1.54) is 0 Å². The van der Waals surface area contributed by atoms with Gasteiger partial charge in [-0.15, -0.1) is 0 Å². The summed E-state index contributed by atoms with van der Waals surface area (Å²) in [5.74, 6) is 0.979. The average Bonchev–Trinajstić information content (AvgIpc) is 1.89. The Morgan fingerprint density at radius 2 is 2.00 bits per heavy atom. The van der Waals surface area contributed by atoms with Crippen LogP contribution in [-0.4, -0.2) is 0 Å². The highest BCUT2D eigenvalue weighted by Crippen LogP contribution is 1.97. The molecule has 1 heteroatoms. The van der Waals surface area contributed by atoms with Crippen LogP contribution in [0.15, 0.2) is 24.2 Å². The molecule has 0 unspecified atom stereocenters. The van der Waals surface area contributed by atoms with Crippen LogP contribution in [0.25, 0.3) is 0 Å². The Labute approximate surface area is 63.4 Å². The Kier molecular flexibility index (Phi) is 5.94. The maximum atomic E-state index is 5.20. The van der Waals surface area contributed by atoms with Gasteiger partial charge in [-0.1, -0.05) is 13.8 Å². The number of rotatable bonds is 4. The first kappa shape index (κ1) is 9.28. The summed E-state index contributed by atoms with van der Waals surface area (Å²) in [6.45, 7) is 6.14. The van der Waals surface area contributed by atoms with Crippen molar-refractivity contribution in [3.63, 3.8) is 0 Å². The highest BCUT2D eigenvalue weighted by atomic mass is 16.5. The SMILES string of the molecule is CCC=COC(C)=CCC. The summed E-state index contributed by atoms with van der Waals surface area (Å²) in [5, 5.41) is 0. The Bertz CT molecular complexity index is 123. The van der Waals surface area contributed by atoms with Crippen molar-refractivity contribution in [1.29, 1.82) is 0 Å². The summed E-state index contributed by atoms with van der Waals surface area (Å²) in [5.41, 5.74) is 0. The van der Waals surface area contributed by atoms with Gasteiger partial charge in [0.05, 0.1) is 12.0 Å². The molecule has 0 atom stereocenters. The van der Waals surface area contributed by atoms with Crippen LogP contribution in [0.1, 0.15) is 33.6 Å². The summed E-state index contributed by atoms with van der Waals surface area (Å²) in [4.78, 5) is 0. The number of hydrogen-bond donors (Lipinski definition) is 0. The monoisotopic (exact) mass is 140 g/mol. The molecule has 10 heavy (non-hydrogen) atoms. The second-order valence-electron chi connectivity index (χ2n) is 2.12. The van der Waals surface area contributed by atoms with Gasteiger partial charge in [-0.3, -0.25) is 0 Å². The summed E-state index contributed by atoms with van der Waals surface area (Å²) in [6.07, 6.45) is 7.85. The molecule has 0 aliphatic heterocycles. The molecular formula is C9H16O. The summed E-state index contributed by atoms with van der Waals surface area (Å²) in [7, 11) is 0. The van der Waals surface area contributed by atoms with Gasteiger partial charge in [0, 0.05) is 0 Å². The molecule has 0 aromatic rings. The highest BCUT2D eigenvalue weighted by Gasteiger charge is 1.80. The topological polar surface area (TPSA) is 9.23 Å². The van der Waals surface area contributed by atoms with E-state index in [4.69, 9.17) is 4.74 Å². The van der Waals surface area contributed by atoms with Crippen LogP contribution in [0.2, 0.25) is 0 Å². The molecule has 0 N–H and O–H groups in total. The first-order valence-electron chi connectivity index (χ1n) is 3.79. The highest BCUT2D eigenvalue weighted by molar-refractivity contribution is 4.90. The predicted octanol–water partition coefficient (Wildman–Crippen LogP) is 3.24. The third-order valence-corrected chi connectivity index (χ3v) is 1.08. The van der Waals surface area contributed by atoms with Crippen molar-refractivity contribution in [1.82, 2.24) is 0 Å². The van der Waals surface area contributed by atoms with E-state index in [9.17, 15) is 0 Å². The van der Waals surface area contributed by atoms with Crippen LogP contribution in [-0.2, 0) is 4.74 Å². The van der Waals surface area contributed by atoms with Gasteiger partial charge in [0.15, 0.2) is 0 Å². The fourth-order valence-electron chi connectivity index (χ4n) is 0.587.